The molecule has 0 aliphatic rings. The van der Waals surface area contributed by atoms with Crippen LogP contribution in [-0.4, -0.2) is 22.4 Å². The summed E-state index contributed by atoms with van der Waals surface area (Å²) >= 11 is 0. The molecule has 0 atom stereocenters. The summed E-state index contributed by atoms with van der Waals surface area (Å²) in [6, 6.07) is 0. The van der Waals surface area contributed by atoms with Crippen molar-refractivity contribution in [3.05, 3.63) is 0 Å². The van der Waals surface area contributed by atoms with Gasteiger partial charge in [-0.2, -0.15) is 0 Å². The van der Waals surface area contributed by atoms with Crippen LogP contribution in [0.2, 0.25) is 0 Å². The first-order valence-corrected chi connectivity index (χ1v) is 19.8. The lowest BCUT2D eigenvalue weighted by molar-refractivity contribution is 0.163. The normalized spacial score (nSPS) is 11.2. The largest absolute Gasteiger partial charge is 0.767 e. The van der Waals surface area contributed by atoms with E-state index in [4.69, 9.17) is 8.85 Å². The quantitative estimate of drug-likeness (QED) is 0.0544. The Labute approximate surface area is 254 Å². The van der Waals surface area contributed by atoms with Crippen LogP contribution in [0.5, 0.6) is 0 Å². The zero-order valence-corrected chi connectivity index (χ0v) is 28.8. The van der Waals surface area contributed by atoms with Crippen molar-refractivity contribution < 1.29 is 13.3 Å². The molecule has 40 heavy (non-hydrogen) atoms. The third-order valence-corrected chi connectivity index (χ3v) is 9.32. The second-order valence-electron chi connectivity index (χ2n) is 12.6. The molecule has 0 aliphatic heterocycles. The van der Waals surface area contributed by atoms with Gasteiger partial charge in [-0.1, -0.05) is 206 Å². The van der Waals surface area contributed by atoms with E-state index in [0.717, 1.165) is 12.8 Å². The lowest BCUT2D eigenvalue weighted by Crippen LogP contribution is -2.14. The number of hydrogen-bond donors (Lipinski definition) is 0. The van der Waals surface area contributed by atoms with Gasteiger partial charge in [0.05, 0.1) is 13.2 Å². The van der Waals surface area contributed by atoms with Crippen LogP contribution in [0.4, 0.5) is 0 Å². The van der Waals surface area contributed by atoms with Crippen molar-refractivity contribution >= 4 is 9.17 Å². The standard InChI is InChI=1S/C36H74O3Si/c1-3-5-7-9-11-13-15-17-19-21-23-25-27-29-31-33-35-38-40(37)39-36-34-32-30-28-26-24-22-20-18-16-14-12-10-8-6-4-2/h3-36H2,1-2H3. The van der Waals surface area contributed by atoms with Crippen LogP contribution >= 0.6 is 0 Å². The van der Waals surface area contributed by atoms with Gasteiger partial charge in [0.15, 0.2) is 0 Å². The summed E-state index contributed by atoms with van der Waals surface area (Å²) in [5, 5.41) is 0. The van der Waals surface area contributed by atoms with Gasteiger partial charge in [-0.05, 0) is 12.8 Å². The average Bonchev–Trinajstić information content (AvgIpc) is 2.96. The zero-order valence-electron chi connectivity index (χ0n) is 27.8. The minimum Gasteiger partial charge on any atom is -0.496 e. The highest BCUT2D eigenvalue weighted by Crippen LogP contribution is 2.15. The van der Waals surface area contributed by atoms with Gasteiger partial charge in [0, 0.05) is 0 Å². The molecule has 0 radical (unpaired) electrons. The SMILES string of the molecule is CCCCCCCCCCCCCCCCCCO[Si](=O)OCCCCCCCCCCCCCCCCCC. The molecule has 4 heteroatoms. The molecule has 0 aromatic carbocycles. The van der Waals surface area contributed by atoms with Crippen LogP contribution in [0.25, 0.3) is 0 Å². The minimum atomic E-state index is -2.28. The Morgan fingerprint density at radius 1 is 0.300 bits per heavy atom. The highest BCUT2D eigenvalue weighted by atomic mass is 28.3. The van der Waals surface area contributed by atoms with E-state index in [1.54, 1.807) is 0 Å². The molecule has 0 fully saturated rings. The molecular formula is C36H74O3Si. The van der Waals surface area contributed by atoms with Gasteiger partial charge in [-0.25, -0.2) is 0 Å². The van der Waals surface area contributed by atoms with Crippen LogP contribution in [0.1, 0.15) is 219 Å². The summed E-state index contributed by atoms with van der Waals surface area (Å²) in [5.41, 5.74) is 0. The van der Waals surface area contributed by atoms with E-state index in [2.05, 4.69) is 13.8 Å². The maximum atomic E-state index is 11.9. The highest BCUT2D eigenvalue weighted by molar-refractivity contribution is 6.26. The number of rotatable bonds is 36. The number of unbranched alkanes of at least 4 members (excludes halogenated alkanes) is 30. The van der Waals surface area contributed by atoms with Gasteiger partial charge < -0.3 is 8.85 Å². The first kappa shape index (κ1) is 39.6. The molecule has 0 heterocycles. The predicted octanol–water partition coefficient (Wildman–Crippen LogP) is 13.0. The summed E-state index contributed by atoms with van der Waals surface area (Å²) in [5.74, 6) is 0. The molecule has 3 nitrogen and oxygen atoms in total. The Morgan fingerprint density at radius 3 is 0.675 bits per heavy atom. The maximum absolute atomic E-state index is 11.9. The zero-order chi connectivity index (χ0) is 29.0. The molecule has 0 bridgehead atoms. The molecule has 0 spiro atoms. The van der Waals surface area contributed by atoms with E-state index in [-0.39, 0.29) is 0 Å². The maximum Gasteiger partial charge on any atom is 0.767 e. The molecule has 0 unspecified atom stereocenters. The Bertz CT molecular complexity index is 431. The first-order valence-electron chi connectivity index (χ1n) is 18.6. The molecule has 0 aromatic heterocycles. The fourth-order valence-corrected chi connectivity index (χ4v) is 6.36. The van der Waals surface area contributed by atoms with Crippen molar-refractivity contribution in [3.63, 3.8) is 0 Å². The third-order valence-electron chi connectivity index (χ3n) is 8.44. The van der Waals surface area contributed by atoms with Crippen LogP contribution in [0.3, 0.4) is 0 Å². The van der Waals surface area contributed by atoms with Crippen molar-refractivity contribution in [2.75, 3.05) is 13.2 Å². The molecule has 240 valence electrons. The molecule has 0 amide bonds. The van der Waals surface area contributed by atoms with Crippen molar-refractivity contribution in [1.29, 1.82) is 0 Å². The predicted molar refractivity (Wildman–Crippen MR) is 177 cm³/mol. The molecule has 0 saturated carbocycles. The van der Waals surface area contributed by atoms with Crippen LogP contribution in [0.15, 0.2) is 0 Å². The molecular weight excluding hydrogens is 508 g/mol. The summed E-state index contributed by atoms with van der Waals surface area (Å²) in [6.45, 7) is 5.76. The van der Waals surface area contributed by atoms with E-state index in [1.165, 1.54) is 193 Å². The summed E-state index contributed by atoms with van der Waals surface area (Å²) in [7, 11) is -2.28. The summed E-state index contributed by atoms with van der Waals surface area (Å²) < 4.78 is 22.7. The van der Waals surface area contributed by atoms with Crippen LogP contribution < -0.4 is 0 Å². The lowest BCUT2D eigenvalue weighted by Gasteiger charge is -2.06. The second kappa shape index (κ2) is 36.6. The van der Waals surface area contributed by atoms with Gasteiger partial charge in [0.25, 0.3) is 0 Å². The summed E-state index contributed by atoms with van der Waals surface area (Å²) in [4.78, 5) is 0. The van der Waals surface area contributed by atoms with Gasteiger partial charge in [-0.3, -0.25) is 4.46 Å². The van der Waals surface area contributed by atoms with Crippen molar-refractivity contribution in [1.82, 2.24) is 0 Å². The number of hydrogen-bond acceptors (Lipinski definition) is 3. The van der Waals surface area contributed by atoms with E-state index < -0.39 is 9.17 Å². The lowest BCUT2D eigenvalue weighted by atomic mass is 10.0. The monoisotopic (exact) mass is 583 g/mol. The van der Waals surface area contributed by atoms with Crippen molar-refractivity contribution in [3.8, 4) is 0 Å². The average molecular weight is 583 g/mol. The minimum absolute atomic E-state index is 0.592. The molecule has 0 saturated heterocycles. The smallest absolute Gasteiger partial charge is 0.496 e. The Hall–Kier alpha value is -0.383. The van der Waals surface area contributed by atoms with Gasteiger partial charge in [0.2, 0.25) is 0 Å². The second-order valence-corrected chi connectivity index (χ2v) is 13.6. The highest BCUT2D eigenvalue weighted by Gasteiger charge is 2.09. The Morgan fingerprint density at radius 2 is 0.475 bits per heavy atom. The Balaban J connectivity index is 3.14. The molecule has 0 aliphatic carbocycles. The van der Waals surface area contributed by atoms with Crippen molar-refractivity contribution in [2.45, 2.75) is 219 Å². The molecule has 0 aromatic rings. The van der Waals surface area contributed by atoms with Gasteiger partial charge in [-0.15, -0.1) is 0 Å². The van der Waals surface area contributed by atoms with E-state index in [1.807, 2.05) is 0 Å². The van der Waals surface area contributed by atoms with Gasteiger partial charge in [0.1, 0.15) is 0 Å². The molecule has 0 rings (SSSR count). The Kier molecular flexibility index (Phi) is 36.3. The van der Waals surface area contributed by atoms with Gasteiger partial charge >= 0.3 is 9.17 Å². The topological polar surface area (TPSA) is 35.5 Å². The van der Waals surface area contributed by atoms with E-state index >= 15 is 0 Å². The molecule has 0 N–H and O–H groups in total. The van der Waals surface area contributed by atoms with Crippen molar-refractivity contribution in [2.24, 2.45) is 0 Å². The van der Waals surface area contributed by atoms with Crippen LogP contribution in [-0.2, 0) is 13.3 Å². The van der Waals surface area contributed by atoms with Crippen LogP contribution in [0, 0.1) is 0 Å². The van der Waals surface area contributed by atoms with E-state index in [9.17, 15) is 4.46 Å². The first-order chi connectivity index (χ1) is 19.8. The third kappa shape index (κ3) is 35.6. The fourth-order valence-electron chi connectivity index (χ4n) is 5.65. The van der Waals surface area contributed by atoms with E-state index in [0.29, 0.717) is 13.2 Å². The fraction of sp³-hybridized carbons (Fsp3) is 1.00. The summed E-state index contributed by atoms with van der Waals surface area (Å²) in [6.07, 6.45) is 43.7.